The van der Waals surface area contributed by atoms with Crippen LogP contribution in [0.25, 0.3) is 0 Å². The Morgan fingerprint density at radius 1 is 1.33 bits per heavy atom. The molecule has 1 saturated carbocycles. The molecule has 2 rings (SSSR count). The number of alkyl halides is 1. The minimum absolute atomic E-state index is 0.158. The average molecular weight is 354 g/mol. The Kier molecular flexibility index (Phi) is 7.21. The van der Waals surface area contributed by atoms with E-state index in [0.29, 0.717) is 6.54 Å². The normalized spacial score (nSPS) is 16.8. The third-order valence-electron chi connectivity index (χ3n) is 4.32. The Morgan fingerprint density at radius 3 is 2.58 bits per heavy atom. The van der Waals surface area contributed by atoms with Gasteiger partial charge in [0.2, 0.25) is 5.91 Å². The molecule has 0 radical (unpaired) electrons. The summed E-state index contributed by atoms with van der Waals surface area (Å²) in [7, 11) is 0. The lowest BCUT2D eigenvalue weighted by molar-refractivity contribution is -0.142. The molecule has 1 aromatic rings. The van der Waals surface area contributed by atoms with Gasteiger partial charge in [-0.25, -0.2) is 4.39 Å². The van der Waals surface area contributed by atoms with Crippen LogP contribution in [0.2, 0.25) is 0 Å². The minimum atomic E-state index is -1.08. The summed E-state index contributed by atoms with van der Waals surface area (Å²) in [5.74, 6) is -0.655. The van der Waals surface area contributed by atoms with Gasteiger partial charge in [0.05, 0.1) is 0 Å². The van der Waals surface area contributed by atoms with Crippen molar-refractivity contribution in [3.63, 3.8) is 0 Å². The van der Waals surface area contributed by atoms with Gasteiger partial charge >= 0.3 is 0 Å². The molecule has 1 atom stereocenters. The van der Waals surface area contributed by atoms with Crippen LogP contribution in [-0.4, -0.2) is 36.0 Å². The number of nitrogens with zero attached hydrogens (tertiary/aromatic N) is 1. The highest BCUT2D eigenvalue weighted by molar-refractivity contribution is 7.10. The second-order valence-electron chi connectivity index (χ2n) is 6.84. The molecule has 134 valence electrons. The fourth-order valence-electron chi connectivity index (χ4n) is 3.22. The molecule has 24 heavy (non-hydrogen) atoms. The van der Waals surface area contributed by atoms with Crippen molar-refractivity contribution in [3.8, 4) is 0 Å². The number of nitrogens with one attached hydrogen (secondary N) is 1. The van der Waals surface area contributed by atoms with Gasteiger partial charge in [-0.2, -0.15) is 0 Å². The van der Waals surface area contributed by atoms with Gasteiger partial charge < -0.3 is 10.2 Å². The molecule has 1 aliphatic rings. The average Bonchev–Trinajstić information content (AvgIpc) is 3.08. The summed E-state index contributed by atoms with van der Waals surface area (Å²) in [6.07, 6.45) is 5.40. The highest BCUT2D eigenvalue weighted by atomic mass is 32.1. The van der Waals surface area contributed by atoms with Gasteiger partial charge in [0, 0.05) is 17.5 Å². The summed E-state index contributed by atoms with van der Waals surface area (Å²) in [6.45, 7) is 3.21. The predicted molar refractivity (Wildman–Crippen MR) is 94.6 cm³/mol. The zero-order chi connectivity index (χ0) is 17.5. The van der Waals surface area contributed by atoms with E-state index in [4.69, 9.17) is 0 Å². The third-order valence-corrected chi connectivity index (χ3v) is 5.25. The van der Waals surface area contributed by atoms with Crippen molar-refractivity contribution in [1.29, 1.82) is 0 Å². The molecule has 1 unspecified atom stereocenters. The number of hydrogen-bond acceptors (Lipinski definition) is 3. The molecule has 0 bridgehead atoms. The highest BCUT2D eigenvalue weighted by Crippen LogP contribution is 2.28. The van der Waals surface area contributed by atoms with Crippen LogP contribution in [-0.2, 0) is 9.59 Å². The molecule has 1 aromatic heterocycles. The van der Waals surface area contributed by atoms with E-state index in [1.54, 1.807) is 0 Å². The number of carbonyl (C=O) groups is 2. The molecular formula is C18H27FN2O2S. The molecule has 0 saturated heterocycles. The van der Waals surface area contributed by atoms with E-state index in [9.17, 15) is 14.0 Å². The minimum Gasteiger partial charge on any atom is -0.351 e. The predicted octanol–water partition coefficient (Wildman–Crippen LogP) is 3.69. The summed E-state index contributed by atoms with van der Waals surface area (Å²) in [6, 6.07) is 3.12. The van der Waals surface area contributed by atoms with Gasteiger partial charge in [-0.15, -0.1) is 11.3 Å². The van der Waals surface area contributed by atoms with Gasteiger partial charge in [0.1, 0.15) is 6.04 Å². The lowest BCUT2D eigenvalue weighted by atomic mass is 9.95. The van der Waals surface area contributed by atoms with Gasteiger partial charge in [0.25, 0.3) is 5.91 Å². The van der Waals surface area contributed by atoms with Crippen LogP contribution in [0.15, 0.2) is 17.5 Å². The van der Waals surface area contributed by atoms with E-state index in [-0.39, 0.29) is 17.9 Å². The van der Waals surface area contributed by atoms with Crippen LogP contribution in [0, 0.1) is 5.92 Å². The number of rotatable bonds is 7. The quantitative estimate of drug-likeness (QED) is 0.812. The zero-order valence-electron chi connectivity index (χ0n) is 14.5. The van der Waals surface area contributed by atoms with E-state index in [0.717, 1.165) is 30.6 Å². The molecule has 1 N–H and O–H groups in total. The van der Waals surface area contributed by atoms with Gasteiger partial charge in [-0.05, 0) is 30.2 Å². The number of halogens is 1. The monoisotopic (exact) mass is 354 g/mol. The highest BCUT2D eigenvalue weighted by Gasteiger charge is 2.33. The summed E-state index contributed by atoms with van der Waals surface area (Å²) in [4.78, 5) is 27.3. The van der Waals surface area contributed by atoms with Crippen molar-refractivity contribution in [2.45, 2.75) is 58.0 Å². The van der Waals surface area contributed by atoms with Crippen molar-refractivity contribution < 1.29 is 14.0 Å². The number of carbonyl (C=O) groups excluding carboxylic acids is 2. The lowest BCUT2D eigenvalue weighted by Gasteiger charge is -2.33. The van der Waals surface area contributed by atoms with Crippen LogP contribution in [0.5, 0.6) is 0 Å². The van der Waals surface area contributed by atoms with Crippen molar-refractivity contribution in [1.82, 2.24) is 10.2 Å². The van der Waals surface area contributed by atoms with Crippen molar-refractivity contribution in [3.05, 3.63) is 22.4 Å². The van der Waals surface area contributed by atoms with Crippen molar-refractivity contribution >= 4 is 23.2 Å². The molecule has 2 amide bonds. The molecule has 6 heteroatoms. The lowest BCUT2D eigenvalue weighted by Crippen LogP contribution is -2.48. The summed E-state index contributed by atoms with van der Waals surface area (Å²) >= 11 is 1.43. The summed E-state index contributed by atoms with van der Waals surface area (Å²) < 4.78 is 13.1. The maximum Gasteiger partial charge on any atom is 0.254 e. The zero-order valence-corrected chi connectivity index (χ0v) is 15.3. The second-order valence-corrected chi connectivity index (χ2v) is 7.81. The molecule has 1 aliphatic carbocycles. The number of thiophene rings is 1. The van der Waals surface area contributed by atoms with Crippen molar-refractivity contribution in [2.75, 3.05) is 13.2 Å². The SMILES string of the molecule is CC(C)CN(C(=O)CF)C(C(=O)NC1CCCCC1)c1cccs1. The Hall–Kier alpha value is -1.43. The first kappa shape index (κ1) is 18.9. The third kappa shape index (κ3) is 5.03. The Labute approximate surface area is 147 Å². The molecule has 0 spiro atoms. The van der Waals surface area contributed by atoms with E-state index in [2.05, 4.69) is 5.32 Å². The smallest absolute Gasteiger partial charge is 0.254 e. The first-order valence-corrected chi connectivity index (χ1v) is 9.60. The fraction of sp³-hybridized carbons (Fsp3) is 0.667. The first-order chi connectivity index (χ1) is 11.5. The van der Waals surface area contributed by atoms with Crippen LogP contribution < -0.4 is 5.32 Å². The van der Waals surface area contributed by atoms with Gasteiger partial charge in [0.15, 0.2) is 6.67 Å². The van der Waals surface area contributed by atoms with Crippen LogP contribution in [0.3, 0.4) is 0 Å². The number of amides is 2. The van der Waals surface area contributed by atoms with E-state index in [1.165, 1.54) is 22.7 Å². The topological polar surface area (TPSA) is 49.4 Å². The standard InChI is InChI=1S/C18H27FN2O2S/c1-13(2)12-21(16(22)11-19)17(15-9-6-10-24-15)18(23)20-14-7-4-3-5-8-14/h6,9-10,13-14,17H,3-5,7-8,11-12H2,1-2H3,(H,20,23). The first-order valence-electron chi connectivity index (χ1n) is 8.72. The Morgan fingerprint density at radius 2 is 2.04 bits per heavy atom. The molecule has 1 fully saturated rings. The Bertz CT molecular complexity index is 527. The van der Waals surface area contributed by atoms with Crippen LogP contribution in [0.1, 0.15) is 56.9 Å². The van der Waals surface area contributed by atoms with Gasteiger partial charge in [-0.1, -0.05) is 39.2 Å². The Balaban J connectivity index is 2.21. The molecule has 1 heterocycles. The molecule has 0 aromatic carbocycles. The second kappa shape index (κ2) is 9.16. The van der Waals surface area contributed by atoms with Gasteiger partial charge in [-0.3, -0.25) is 9.59 Å². The maximum atomic E-state index is 13.1. The summed E-state index contributed by atoms with van der Waals surface area (Å²) in [5, 5.41) is 4.97. The number of hydrogen-bond donors (Lipinski definition) is 1. The summed E-state index contributed by atoms with van der Waals surface area (Å²) in [5.41, 5.74) is 0. The molecular weight excluding hydrogens is 327 g/mol. The fourth-order valence-corrected chi connectivity index (χ4v) is 4.05. The molecule has 4 nitrogen and oxygen atoms in total. The van der Waals surface area contributed by atoms with E-state index in [1.807, 2.05) is 31.4 Å². The van der Waals surface area contributed by atoms with Crippen LogP contribution in [0.4, 0.5) is 4.39 Å². The largest absolute Gasteiger partial charge is 0.351 e. The van der Waals surface area contributed by atoms with Crippen molar-refractivity contribution in [2.24, 2.45) is 5.92 Å². The molecule has 0 aliphatic heterocycles. The van der Waals surface area contributed by atoms with Crippen LogP contribution >= 0.6 is 11.3 Å². The maximum absolute atomic E-state index is 13.1. The van der Waals surface area contributed by atoms with E-state index >= 15 is 0 Å². The van der Waals surface area contributed by atoms with E-state index < -0.39 is 18.6 Å².